The van der Waals surface area contributed by atoms with E-state index in [0.717, 1.165) is 5.56 Å². The lowest BCUT2D eigenvalue weighted by molar-refractivity contribution is -0.385. The minimum Gasteiger partial charge on any atom is -0.295 e. The van der Waals surface area contributed by atoms with Crippen molar-refractivity contribution in [1.82, 2.24) is 5.32 Å². The number of aryl methyl sites for hydroxylation is 1. The number of nitro groups is 1. The van der Waals surface area contributed by atoms with E-state index in [0.29, 0.717) is 11.1 Å². The van der Waals surface area contributed by atoms with Crippen LogP contribution in [-0.2, 0) is 9.59 Å². The highest BCUT2D eigenvalue weighted by atomic mass is 79.9. The number of amides is 2. The van der Waals surface area contributed by atoms with Crippen LogP contribution in [0.15, 0.2) is 12.1 Å². The molecule has 0 radical (unpaired) electrons. The van der Waals surface area contributed by atoms with Gasteiger partial charge in [0.1, 0.15) is 4.83 Å². The lowest BCUT2D eigenvalue weighted by atomic mass is 9.88. The summed E-state index contributed by atoms with van der Waals surface area (Å²) in [5.74, 6) is -1.58. The Bertz CT molecular complexity index is 600. The van der Waals surface area contributed by atoms with Gasteiger partial charge in [-0.05, 0) is 25.0 Å². The molecule has 6 nitrogen and oxygen atoms in total. The van der Waals surface area contributed by atoms with Crippen LogP contribution in [0, 0.1) is 24.0 Å². The second kappa shape index (κ2) is 4.73. The van der Waals surface area contributed by atoms with Crippen molar-refractivity contribution in [3.05, 3.63) is 38.9 Å². The number of benzene rings is 1. The minimum atomic E-state index is -0.729. The molecule has 1 aromatic rings. The van der Waals surface area contributed by atoms with Crippen LogP contribution in [0.2, 0.25) is 0 Å². The first-order chi connectivity index (χ1) is 8.84. The van der Waals surface area contributed by atoms with Crippen LogP contribution in [0.25, 0.3) is 0 Å². The Balaban J connectivity index is 2.62. The summed E-state index contributed by atoms with van der Waals surface area (Å²) in [4.78, 5) is 33.1. The van der Waals surface area contributed by atoms with Crippen LogP contribution in [0.3, 0.4) is 0 Å². The van der Waals surface area contributed by atoms with Gasteiger partial charge in [0.2, 0.25) is 11.8 Å². The molecule has 0 bridgehead atoms. The van der Waals surface area contributed by atoms with Gasteiger partial charge < -0.3 is 0 Å². The molecule has 1 heterocycles. The van der Waals surface area contributed by atoms with Gasteiger partial charge in [0.15, 0.2) is 0 Å². The van der Waals surface area contributed by atoms with E-state index in [1.54, 1.807) is 19.9 Å². The number of hydrogen-bond acceptors (Lipinski definition) is 4. The van der Waals surface area contributed by atoms with E-state index in [1.165, 1.54) is 6.07 Å². The van der Waals surface area contributed by atoms with Crippen molar-refractivity contribution in [2.24, 2.45) is 0 Å². The molecule has 2 rings (SSSR count). The number of carbonyl (C=O) groups is 2. The van der Waals surface area contributed by atoms with Crippen molar-refractivity contribution in [3.8, 4) is 0 Å². The van der Waals surface area contributed by atoms with Crippen LogP contribution in [0.4, 0.5) is 5.69 Å². The molecular weight excluding hydrogens is 316 g/mol. The third kappa shape index (κ3) is 2.14. The summed E-state index contributed by atoms with van der Waals surface area (Å²) in [6.45, 7) is 3.36. The number of imide groups is 1. The molecule has 1 aliphatic heterocycles. The summed E-state index contributed by atoms with van der Waals surface area (Å²) in [6, 6.07) is 3.00. The van der Waals surface area contributed by atoms with E-state index in [1.807, 2.05) is 0 Å². The fraction of sp³-hybridized carbons (Fsp3) is 0.333. The SMILES string of the molecule is Cc1ccc([N+](=O)[O-])c(C)c1C1C(=O)NC(=O)C1Br. The van der Waals surface area contributed by atoms with E-state index in [9.17, 15) is 19.7 Å². The maximum absolute atomic E-state index is 11.8. The Labute approximate surface area is 117 Å². The highest BCUT2D eigenvalue weighted by Gasteiger charge is 2.43. The van der Waals surface area contributed by atoms with Crippen molar-refractivity contribution in [3.63, 3.8) is 0 Å². The highest BCUT2D eigenvalue weighted by molar-refractivity contribution is 9.10. The number of alkyl halides is 1. The van der Waals surface area contributed by atoms with Crippen molar-refractivity contribution in [2.75, 3.05) is 0 Å². The van der Waals surface area contributed by atoms with E-state index < -0.39 is 27.5 Å². The topological polar surface area (TPSA) is 89.3 Å². The second-order valence-electron chi connectivity index (χ2n) is 4.43. The Kier molecular flexibility index (Phi) is 3.40. The molecule has 2 amide bonds. The quantitative estimate of drug-likeness (QED) is 0.388. The first-order valence-electron chi connectivity index (χ1n) is 5.58. The maximum Gasteiger partial charge on any atom is 0.272 e. The predicted molar refractivity (Wildman–Crippen MR) is 71.2 cm³/mol. The van der Waals surface area contributed by atoms with Crippen LogP contribution in [-0.4, -0.2) is 21.6 Å². The fourth-order valence-corrected chi connectivity index (χ4v) is 2.98. The van der Waals surface area contributed by atoms with Crippen LogP contribution < -0.4 is 5.32 Å². The molecule has 1 saturated heterocycles. The van der Waals surface area contributed by atoms with Crippen molar-refractivity contribution in [1.29, 1.82) is 0 Å². The number of nitrogens with zero attached hydrogens (tertiary/aromatic N) is 1. The molecule has 2 unspecified atom stereocenters. The highest BCUT2D eigenvalue weighted by Crippen LogP contribution is 2.37. The van der Waals surface area contributed by atoms with Crippen molar-refractivity contribution in [2.45, 2.75) is 24.6 Å². The van der Waals surface area contributed by atoms with Crippen molar-refractivity contribution < 1.29 is 14.5 Å². The van der Waals surface area contributed by atoms with E-state index in [-0.39, 0.29) is 5.69 Å². The number of halogens is 1. The molecule has 2 atom stereocenters. The zero-order chi connectivity index (χ0) is 14.3. The standard InChI is InChI=1S/C12H11BrN2O4/c1-5-3-4-7(15(18)19)6(2)8(5)9-10(13)12(17)14-11(9)16/h3-4,9-10H,1-2H3,(H,14,16,17). The molecule has 1 aromatic carbocycles. The average Bonchev–Trinajstić information content (AvgIpc) is 2.55. The molecule has 0 aliphatic carbocycles. The summed E-state index contributed by atoms with van der Waals surface area (Å²) < 4.78 is 0. The average molecular weight is 327 g/mol. The van der Waals surface area contributed by atoms with Gasteiger partial charge in [-0.1, -0.05) is 22.0 Å². The second-order valence-corrected chi connectivity index (χ2v) is 5.42. The molecule has 1 aliphatic rings. The zero-order valence-electron chi connectivity index (χ0n) is 10.3. The lowest BCUT2D eigenvalue weighted by Crippen LogP contribution is -2.22. The molecule has 19 heavy (non-hydrogen) atoms. The maximum atomic E-state index is 11.8. The minimum absolute atomic E-state index is 0.0487. The van der Waals surface area contributed by atoms with Crippen LogP contribution in [0.1, 0.15) is 22.6 Å². The smallest absolute Gasteiger partial charge is 0.272 e. The van der Waals surface area contributed by atoms with Gasteiger partial charge in [-0.2, -0.15) is 0 Å². The molecular formula is C12H11BrN2O4. The van der Waals surface area contributed by atoms with Gasteiger partial charge in [0, 0.05) is 11.6 Å². The molecule has 0 spiro atoms. The van der Waals surface area contributed by atoms with Crippen molar-refractivity contribution >= 4 is 33.4 Å². The summed E-state index contributed by atoms with van der Waals surface area (Å²) >= 11 is 3.17. The zero-order valence-corrected chi connectivity index (χ0v) is 11.9. The van der Waals surface area contributed by atoms with Crippen LogP contribution in [0.5, 0.6) is 0 Å². The number of carbonyl (C=O) groups excluding carboxylic acids is 2. The summed E-state index contributed by atoms with van der Waals surface area (Å²) in [5, 5.41) is 13.2. The Morgan fingerprint density at radius 1 is 1.26 bits per heavy atom. The van der Waals surface area contributed by atoms with Gasteiger partial charge in [-0.3, -0.25) is 25.0 Å². The van der Waals surface area contributed by atoms with Gasteiger partial charge in [0.05, 0.1) is 10.8 Å². The Morgan fingerprint density at radius 2 is 1.89 bits per heavy atom. The van der Waals surface area contributed by atoms with Gasteiger partial charge in [-0.25, -0.2) is 0 Å². The number of nitrogens with one attached hydrogen (secondary N) is 1. The summed E-state index contributed by atoms with van der Waals surface area (Å²) in [5.41, 5.74) is 1.67. The molecule has 0 aromatic heterocycles. The normalized spacial score (nSPS) is 22.5. The lowest BCUT2D eigenvalue weighted by Gasteiger charge is -2.16. The summed E-state index contributed by atoms with van der Waals surface area (Å²) in [6.07, 6.45) is 0. The Hall–Kier alpha value is -1.76. The number of hydrogen-bond donors (Lipinski definition) is 1. The third-order valence-corrected chi connectivity index (χ3v) is 4.23. The first kappa shape index (κ1) is 13.7. The number of nitro benzene ring substituents is 1. The van der Waals surface area contributed by atoms with Gasteiger partial charge in [0.25, 0.3) is 5.69 Å². The third-order valence-electron chi connectivity index (χ3n) is 3.28. The molecule has 1 N–H and O–H groups in total. The molecule has 0 saturated carbocycles. The first-order valence-corrected chi connectivity index (χ1v) is 6.49. The van der Waals surface area contributed by atoms with E-state index in [4.69, 9.17) is 0 Å². The van der Waals surface area contributed by atoms with Gasteiger partial charge in [-0.15, -0.1) is 0 Å². The molecule has 1 fully saturated rings. The fourth-order valence-electron chi connectivity index (χ4n) is 2.36. The van der Waals surface area contributed by atoms with Crippen LogP contribution >= 0.6 is 15.9 Å². The van der Waals surface area contributed by atoms with Gasteiger partial charge >= 0.3 is 0 Å². The number of rotatable bonds is 2. The summed E-state index contributed by atoms with van der Waals surface area (Å²) in [7, 11) is 0. The largest absolute Gasteiger partial charge is 0.295 e. The molecule has 100 valence electrons. The predicted octanol–water partition coefficient (Wildman–Crippen LogP) is 1.72. The molecule has 7 heteroatoms. The van der Waals surface area contributed by atoms with E-state index in [2.05, 4.69) is 21.2 Å². The Morgan fingerprint density at radius 3 is 2.37 bits per heavy atom. The van der Waals surface area contributed by atoms with E-state index >= 15 is 0 Å². The monoisotopic (exact) mass is 326 g/mol.